The first-order valence-electron chi connectivity index (χ1n) is 6.55. The number of aromatic nitrogens is 2. The van der Waals surface area contributed by atoms with E-state index in [4.69, 9.17) is 0 Å². The van der Waals surface area contributed by atoms with E-state index in [0.717, 1.165) is 29.8 Å². The van der Waals surface area contributed by atoms with Crippen molar-refractivity contribution < 1.29 is 9.50 Å². The maximum Gasteiger partial charge on any atom is 0.123 e. The van der Waals surface area contributed by atoms with Crippen molar-refractivity contribution in [1.82, 2.24) is 9.55 Å². The molecule has 1 N–H and O–H groups in total. The molecule has 0 radical (unpaired) electrons. The lowest BCUT2D eigenvalue weighted by molar-refractivity contribution is 0.168. The van der Waals surface area contributed by atoms with E-state index in [1.165, 1.54) is 12.1 Å². The molecule has 3 nitrogen and oxygen atoms in total. The predicted molar refractivity (Wildman–Crippen MR) is 72.3 cm³/mol. The van der Waals surface area contributed by atoms with Crippen molar-refractivity contribution in [3.05, 3.63) is 53.4 Å². The van der Waals surface area contributed by atoms with Crippen LogP contribution in [0.2, 0.25) is 0 Å². The third-order valence-electron chi connectivity index (χ3n) is 3.27. The maximum atomic E-state index is 13.2. The van der Waals surface area contributed by atoms with Gasteiger partial charge in [0.15, 0.2) is 0 Å². The summed E-state index contributed by atoms with van der Waals surface area (Å²) in [5.74, 6) is -0.269. The van der Waals surface area contributed by atoms with E-state index in [1.807, 2.05) is 11.5 Å². The molecule has 4 heteroatoms. The number of benzene rings is 1. The number of imidazole rings is 1. The minimum atomic E-state index is -0.658. The molecule has 1 aromatic carbocycles. The fourth-order valence-electron chi connectivity index (χ4n) is 2.21. The molecule has 1 heterocycles. The summed E-state index contributed by atoms with van der Waals surface area (Å²) in [6.45, 7) is 4.83. The van der Waals surface area contributed by atoms with Crippen LogP contribution in [-0.4, -0.2) is 14.7 Å². The molecule has 2 aromatic rings. The van der Waals surface area contributed by atoms with Gasteiger partial charge in [0.05, 0.1) is 24.3 Å². The van der Waals surface area contributed by atoms with Gasteiger partial charge in [-0.05, 0) is 36.6 Å². The first-order chi connectivity index (χ1) is 9.11. The molecule has 0 amide bonds. The molecule has 0 bridgehead atoms. The van der Waals surface area contributed by atoms with Gasteiger partial charge < -0.3 is 9.67 Å². The van der Waals surface area contributed by atoms with Crippen molar-refractivity contribution in [2.45, 2.75) is 39.3 Å². The van der Waals surface area contributed by atoms with E-state index in [0.29, 0.717) is 6.42 Å². The first-order valence-corrected chi connectivity index (χ1v) is 6.55. The Hall–Kier alpha value is -1.68. The van der Waals surface area contributed by atoms with Gasteiger partial charge in [-0.3, -0.25) is 0 Å². The second-order valence-corrected chi connectivity index (χ2v) is 4.80. The summed E-state index contributed by atoms with van der Waals surface area (Å²) in [6, 6.07) is 4.66. The van der Waals surface area contributed by atoms with E-state index in [2.05, 4.69) is 11.9 Å². The summed E-state index contributed by atoms with van der Waals surface area (Å²) in [4.78, 5) is 4.07. The van der Waals surface area contributed by atoms with Crippen LogP contribution in [-0.2, 0) is 13.0 Å². The summed E-state index contributed by atoms with van der Waals surface area (Å²) in [6.07, 6.45) is 4.12. The van der Waals surface area contributed by atoms with Crippen LogP contribution in [0.3, 0.4) is 0 Å². The van der Waals surface area contributed by atoms with Gasteiger partial charge in [0.2, 0.25) is 0 Å². The molecular formula is C15H19FN2O. The third kappa shape index (κ3) is 3.20. The molecule has 0 aliphatic carbocycles. The smallest absolute Gasteiger partial charge is 0.123 e. The van der Waals surface area contributed by atoms with Crippen LogP contribution in [0, 0.1) is 12.7 Å². The summed E-state index contributed by atoms with van der Waals surface area (Å²) in [5, 5.41) is 10.3. The Morgan fingerprint density at radius 1 is 1.42 bits per heavy atom. The molecule has 0 saturated heterocycles. The summed E-state index contributed by atoms with van der Waals surface area (Å²) < 4.78 is 15.2. The highest BCUT2D eigenvalue weighted by atomic mass is 19.1. The maximum absolute atomic E-state index is 13.2. The molecule has 1 unspecified atom stereocenters. The van der Waals surface area contributed by atoms with Crippen molar-refractivity contribution in [3.63, 3.8) is 0 Å². The number of hydrogen-bond acceptors (Lipinski definition) is 2. The number of aliphatic hydroxyl groups excluding tert-OH is 1. The Labute approximate surface area is 112 Å². The van der Waals surface area contributed by atoms with Crippen molar-refractivity contribution in [3.8, 4) is 0 Å². The summed E-state index contributed by atoms with van der Waals surface area (Å²) in [7, 11) is 0. The number of halogens is 1. The monoisotopic (exact) mass is 262 g/mol. The second kappa shape index (κ2) is 5.97. The van der Waals surface area contributed by atoms with E-state index >= 15 is 0 Å². The van der Waals surface area contributed by atoms with Crippen LogP contribution in [0.1, 0.15) is 36.3 Å². The van der Waals surface area contributed by atoms with Gasteiger partial charge in [-0.15, -0.1) is 0 Å². The number of aryl methyl sites for hydroxylation is 2. The van der Waals surface area contributed by atoms with Gasteiger partial charge in [0.1, 0.15) is 5.82 Å². The first kappa shape index (κ1) is 13.7. The SMILES string of the molecule is CCCn1cncc1C(O)Cc1cc(F)ccc1C. The van der Waals surface area contributed by atoms with Gasteiger partial charge in [0, 0.05) is 13.0 Å². The van der Waals surface area contributed by atoms with Crippen LogP contribution < -0.4 is 0 Å². The molecule has 0 saturated carbocycles. The third-order valence-corrected chi connectivity index (χ3v) is 3.27. The lowest BCUT2D eigenvalue weighted by Crippen LogP contribution is -2.10. The molecule has 1 atom stereocenters. The van der Waals surface area contributed by atoms with Gasteiger partial charge in [-0.2, -0.15) is 0 Å². The predicted octanol–water partition coefficient (Wildman–Crippen LogP) is 3.02. The van der Waals surface area contributed by atoms with Gasteiger partial charge in [-0.25, -0.2) is 9.37 Å². The normalized spacial score (nSPS) is 12.6. The van der Waals surface area contributed by atoms with Crippen LogP contribution in [0.4, 0.5) is 4.39 Å². The average Bonchev–Trinajstić information content (AvgIpc) is 2.82. The number of nitrogens with zero attached hydrogens (tertiary/aromatic N) is 2. The Bertz CT molecular complexity index is 551. The van der Waals surface area contributed by atoms with Crippen molar-refractivity contribution in [2.24, 2.45) is 0 Å². The number of aliphatic hydroxyl groups is 1. The highest BCUT2D eigenvalue weighted by molar-refractivity contribution is 5.28. The number of hydrogen-bond donors (Lipinski definition) is 1. The zero-order valence-electron chi connectivity index (χ0n) is 11.3. The van der Waals surface area contributed by atoms with Crippen molar-refractivity contribution >= 4 is 0 Å². The Kier molecular flexibility index (Phi) is 4.32. The van der Waals surface area contributed by atoms with Crippen molar-refractivity contribution in [2.75, 3.05) is 0 Å². The topological polar surface area (TPSA) is 38.0 Å². The molecule has 0 fully saturated rings. The highest BCUT2D eigenvalue weighted by Crippen LogP contribution is 2.21. The molecule has 0 spiro atoms. The standard InChI is InChI=1S/C15H19FN2O/c1-3-6-18-10-17-9-14(18)15(19)8-12-7-13(16)5-4-11(12)2/h4-5,7,9-10,15,19H,3,6,8H2,1-2H3. The fourth-order valence-corrected chi connectivity index (χ4v) is 2.21. The zero-order valence-corrected chi connectivity index (χ0v) is 11.3. The fraction of sp³-hybridized carbons (Fsp3) is 0.400. The lowest BCUT2D eigenvalue weighted by Gasteiger charge is -2.15. The molecule has 0 aliphatic rings. The zero-order chi connectivity index (χ0) is 13.8. The van der Waals surface area contributed by atoms with E-state index in [1.54, 1.807) is 18.6 Å². The molecular weight excluding hydrogens is 243 g/mol. The largest absolute Gasteiger partial charge is 0.386 e. The van der Waals surface area contributed by atoms with Gasteiger partial charge >= 0.3 is 0 Å². The molecule has 1 aromatic heterocycles. The van der Waals surface area contributed by atoms with Gasteiger partial charge in [0.25, 0.3) is 0 Å². The van der Waals surface area contributed by atoms with Crippen LogP contribution >= 0.6 is 0 Å². The lowest BCUT2D eigenvalue weighted by atomic mass is 10.0. The van der Waals surface area contributed by atoms with Crippen LogP contribution in [0.15, 0.2) is 30.7 Å². The Morgan fingerprint density at radius 3 is 2.95 bits per heavy atom. The van der Waals surface area contributed by atoms with E-state index < -0.39 is 6.10 Å². The van der Waals surface area contributed by atoms with Crippen LogP contribution in [0.25, 0.3) is 0 Å². The second-order valence-electron chi connectivity index (χ2n) is 4.80. The Morgan fingerprint density at radius 2 is 2.21 bits per heavy atom. The minimum Gasteiger partial charge on any atom is -0.386 e. The molecule has 102 valence electrons. The van der Waals surface area contributed by atoms with E-state index in [-0.39, 0.29) is 5.82 Å². The van der Waals surface area contributed by atoms with E-state index in [9.17, 15) is 9.50 Å². The molecule has 0 aliphatic heterocycles. The highest BCUT2D eigenvalue weighted by Gasteiger charge is 2.14. The minimum absolute atomic E-state index is 0.269. The van der Waals surface area contributed by atoms with Crippen LogP contribution in [0.5, 0.6) is 0 Å². The molecule has 2 rings (SSSR count). The average molecular weight is 262 g/mol. The molecule has 19 heavy (non-hydrogen) atoms. The number of rotatable bonds is 5. The van der Waals surface area contributed by atoms with Crippen molar-refractivity contribution in [1.29, 1.82) is 0 Å². The summed E-state index contributed by atoms with van der Waals surface area (Å²) in [5.41, 5.74) is 2.60. The summed E-state index contributed by atoms with van der Waals surface area (Å²) >= 11 is 0. The van der Waals surface area contributed by atoms with Gasteiger partial charge in [-0.1, -0.05) is 13.0 Å². The Balaban J connectivity index is 2.18. The quantitative estimate of drug-likeness (QED) is 0.899.